The van der Waals surface area contributed by atoms with Gasteiger partial charge in [-0.15, -0.1) is 0 Å². The van der Waals surface area contributed by atoms with Crippen LogP contribution < -0.4 is 0 Å². The first kappa shape index (κ1) is 14.1. The van der Waals surface area contributed by atoms with Gasteiger partial charge in [-0.25, -0.2) is 0 Å². The second-order valence-electron chi connectivity index (χ2n) is 5.71. The van der Waals surface area contributed by atoms with Gasteiger partial charge in [0.1, 0.15) is 0 Å². The van der Waals surface area contributed by atoms with E-state index in [1.807, 2.05) is 26.0 Å². The Morgan fingerprint density at radius 2 is 1.74 bits per heavy atom. The highest BCUT2D eigenvalue weighted by Crippen LogP contribution is 2.24. The molecule has 3 nitrogen and oxygen atoms in total. The molecule has 0 heterocycles. The smallest absolute Gasteiger partial charge is 0.253 e. The van der Waals surface area contributed by atoms with Gasteiger partial charge in [-0.05, 0) is 38.8 Å². The summed E-state index contributed by atoms with van der Waals surface area (Å²) in [6.45, 7) is 4.00. The van der Waals surface area contributed by atoms with Gasteiger partial charge in [0.25, 0.3) is 5.91 Å². The lowest BCUT2D eigenvalue weighted by molar-refractivity contribution is 0.0268. The molecule has 1 N–H and O–H groups in total. The third kappa shape index (κ3) is 3.16. The largest absolute Gasteiger partial charge is 0.391 e. The lowest BCUT2D eigenvalue weighted by Gasteiger charge is -2.35. The average Bonchev–Trinajstić information content (AvgIpc) is 2.36. The molecular weight excluding hydrogens is 238 g/mol. The standard InChI is InChI=1S/C16H23NO2/c1-11-8-12(2)10-13(9-11)16(19)17(3)14-6-4-5-7-15(14)18/h8-10,14-15,18H,4-7H2,1-3H3. The SMILES string of the molecule is Cc1cc(C)cc(C(=O)N(C)C2CCCCC2O)c1. The number of carbonyl (C=O) groups is 1. The summed E-state index contributed by atoms with van der Waals surface area (Å²) in [5, 5.41) is 10.1. The Morgan fingerprint density at radius 3 is 2.32 bits per heavy atom. The van der Waals surface area contributed by atoms with Crippen LogP contribution >= 0.6 is 0 Å². The summed E-state index contributed by atoms with van der Waals surface area (Å²) in [5.74, 6) is 0.0118. The predicted molar refractivity (Wildman–Crippen MR) is 76.3 cm³/mol. The van der Waals surface area contributed by atoms with Gasteiger partial charge < -0.3 is 10.0 Å². The summed E-state index contributed by atoms with van der Waals surface area (Å²) in [6.07, 6.45) is 3.47. The number of rotatable bonds is 2. The van der Waals surface area contributed by atoms with E-state index in [0.29, 0.717) is 0 Å². The molecule has 2 rings (SSSR count). The van der Waals surface area contributed by atoms with E-state index in [1.54, 1.807) is 11.9 Å². The molecule has 0 aliphatic heterocycles. The van der Waals surface area contributed by atoms with Gasteiger partial charge in [0.05, 0.1) is 12.1 Å². The zero-order valence-corrected chi connectivity index (χ0v) is 12.0. The Labute approximate surface area is 115 Å². The minimum atomic E-state index is -0.381. The molecule has 1 saturated carbocycles. The lowest BCUT2D eigenvalue weighted by Crippen LogP contribution is -2.46. The summed E-state index contributed by atoms with van der Waals surface area (Å²) in [4.78, 5) is 14.2. The van der Waals surface area contributed by atoms with Crippen LogP contribution in [0.25, 0.3) is 0 Å². The zero-order chi connectivity index (χ0) is 14.0. The summed E-state index contributed by atoms with van der Waals surface area (Å²) in [6, 6.07) is 5.86. The molecule has 3 heteroatoms. The van der Waals surface area contributed by atoms with E-state index < -0.39 is 0 Å². The van der Waals surface area contributed by atoms with Crippen molar-refractivity contribution >= 4 is 5.91 Å². The van der Waals surface area contributed by atoms with Gasteiger partial charge in [0.2, 0.25) is 0 Å². The van der Waals surface area contributed by atoms with Gasteiger partial charge in [-0.2, -0.15) is 0 Å². The van der Waals surface area contributed by atoms with Crippen molar-refractivity contribution in [3.8, 4) is 0 Å². The Balaban J connectivity index is 2.18. The number of benzene rings is 1. The van der Waals surface area contributed by atoms with Crippen LogP contribution in [0.3, 0.4) is 0 Å². The number of aliphatic hydroxyl groups excluding tert-OH is 1. The van der Waals surface area contributed by atoms with Crippen LogP contribution in [-0.2, 0) is 0 Å². The average molecular weight is 261 g/mol. The first-order chi connectivity index (χ1) is 8.99. The molecular formula is C16H23NO2. The van der Waals surface area contributed by atoms with E-state index in [-0.39, 0.29) is 18.1 Å². The van der Waals surface area contributed by atoms with Crippen molar-refractivity contribution in [3.05, 3.63) is 34.9 Å². The molecule has 1 fully saturated rings. The Hall–Kier alpha value is -1.35. The molecule has 1 aliphatic rings. The van der Waals surface area contributed by atoms with Crippen molar-refractivity contribution in [1.82, 2.24) is 4.90 Å². The lowest BCUT2D eigenvalue weighted by atomic mass is 9.91. The maximum Gasteiger partial charge on any atom is 0.253 e. The molecule has 19 heavy (non-hydrogen) atoms. The second kappa shape index (κ2) is 5.74. The first-order valence-electron chi connectivity index (χ1n) is 7.02. The molecule has 1 aromatic carbocycles. The van der Waals surface area contributed by atoms with E-state index >= 15 is 0 Å². The number of aliphatic hydroxyl groups is 1. The van der Waals surface area contributed by atoms with Crippen molar-refractivity contribution in [2.75, 3.05) is 7.05 Å². The van der Waals surface area contributed by atoms with Gasteiger partial charge in [0.15, 0.2) is 0 Å². The fraction of sp³-hybridized carbons (Fsp3) is 0.562. The van der Waals surface area contributed by atoms with Crippen molar-refractivity contribution in [2.24, 2.45) is 0 Å². The molecule has 1 aromatic rings. The quantitative estimate of drug-likeness (QED) is 0.889. The molecule has 0 saturated heterocycles. The van der Waals surface area contributed by atoms with Crippen LogP contribution in [0, 0.1) is 13.8 Å². The highest BCUT2D eigenvalue weighted by atomic mass is 16.3. The van der Waals surface area contributed by atoms with Crippen LogP contribution in [0.15, 0.2) is 18.2 Å². The highest BCUT2D eigenvalue weighted by Gasteiger charge is 2.29. The number of nitrogens with zero attached hydrogens (tertiary/aromatic N) is 1. The Morgan fingerprint density at radius 1 is 1.16 bits per heavy atom. The maximum atomic E-state index is 12.5. The number of hydrogen-bond acceptors (Lipinski definition) is 2. The monoisotopic (exact) mass is 261 g/mol. The number of carbonyl (C=O) groups excluding carboxylic acids is 1. The van der Waals surface area contributed by atoms with Crippen molar-refractivity contribution in [3.63, 3.8) is 0 Å². The predicted octanol–water partition coefficient (Wildman–Crippen LogP) is 2.68. The Bertz CT molecular complexity index is 450. The second-order valence-corrected chi connectivity index (χ2v) is 5.71. The Kier molecular flexibility index (Phi) is 4.25. The molecule has 104 valence electrons. The minimum absolute atomic E-state index is 0.0118. The van der Waals surface area contributed by atoms with Crippen molar-refractivity contribution in [1.29, 1.82) is 0 Å². The molecule has 0 aromatic heterocycles. The van der Waals surface area contributed by atoms with Crippen LogP contribution in [0.2, 0.25) is 0 Å². The van der Waals surface area contributed by atoms with E-state index in [1.165, 1.54) is 0 Å². The molecule has 0 radical (unpaired) electrons. The first-order valence-corrected chi connectivity index (χ1v) is 7.02. The summed E-state index contributed by atoms with van der Waals surface area (Å²) < 4.78 is 0. The van der Waals surface area contributed by atoms with Gasteiger partial charge in [-0.1, -0.05) is 30.0 Å². The van der Waals surface area contributed by atoms with E-state index in [2.05, 4.69) is 6.07 Å². The number of likely N-dealkylation sites (N-methyl/N-ethyl adjacent to an activating group) is 1. The summed E-state index contributed by atoms with van der Waals surface area (Å²) in [7, 11) is 1.80. The van der Waals surface area contributed by atoms with Gasteiger partial charge >= 0.3 is 0 Å². The fourth-order valence-corrected chi connectivity index (χ4v) is 3.00. The molecule has 1 amide bonds. The van der Waals surface area contributed by atoms with E-state index in [0.717, 1.165) is 42.4 Å². The van der Waals surface area contributed by atoms with Crippen LogP contribution in [0.4, 0.5) is 0 Å². The number of amides is 1. The van der Waals surface area contributed by atoms with E-state index in [9.17, 15) is 9.90 Å². The van der Waals surface area contributed by atoms with Crippen LogP contribution in [0.1, 0.15) is 47.2 Å². The summed E-state index contributed by atoms with van der Waals surface area (Å²) >= 11 is 0. The van der Waals surface area contributed by atoms with Crippen LogP contribution in [0.5, 0.6) is 0 Å². The maximum absolute atomic E-state index is 12.5. The van der Waals surface area contributed by atoms with Crippen LogP contribution in [-0.4, -0.2) is 35.1 Å². The topological polar surface area (TPSA) is 40.5 Å². The summed E-state index contributed by atoms with van der Waals surface area (Å²) in [5.41, 5.74) is 2.92. The molecule has 2 unspecified atom stereocenters. The third-order valence-corrected chi connectivity index (χ3v) is 3.98. The molecule has 2 atom stereocenters. The molecule has 1 aliphatic carbocycles. The van der Waals surface area contributed by atoms with Gasteiger partial charge in [-0.3, -0.25) is 4.79 Å². The third-order valence-electron chi connectivity index (χ3n) is 3.98. The number of hydrogen-bond donors (Lipinski definition) is 1. The van der Waals surface area contributed by atoms with Crippen molar-refractivity contribution < 1.29 is 9.90 Å². The normalized spacial score (nSPS) is 23.2. The fourth-order valence-electron chi connectivity index (χ4n) is 3.00. The van der Waals surface area contributed by atoms with Gasteiger partial charge in [0, 0.05) is 12.6 Å². The molecule has 0 spiro atoms. The molecule has 0 bridgehead atoms. The highest BCUT2D eigenvalue weighted by molar-refractivity contribution is 5.94. The minimum Gasteiger partial charge on any atom is -0.391 e. The van der Waals surface area contributed by atoms with E-state index in [4.69, 9.17) is 0 Å². The number of aryl methyl sites for hydroxylation is 2. The van der Waals surface area contributed by atoms with Crippen molar-refractivity contribution in [2.45, 2.75) is 51.7 Å². The zero-order valence-electron chi connectivity index (χ0n) is 12.0.